The Labute approximate surface area is 127 Å². The Kier molecular flexibility index (Phi) is 5.41. The van der Waals surface area contributed by atoms with Gasteiger partial charge in [-0.05, 0) is 24.1 Å². The van der Waals surface area contributed by atoms with E-state index in [2.05, 4.69) is 33.4 Å². The summed E-state index contributed by atoms with van der Waals surface area (Å²) < 4.78 is 5.46. The molecule has 0 spiro atoms. The minimum atomic E-state index is -0.162. The van der Waals surface area contributed by atoms with Crippen molar-refractivity contribution in [2.75, 3.05) is 5.33 Å². The lowest BCUT2D eigenvalue weighted by molar-refractivity contribution is 0.0911. The maximum absolute atomic E-state index is 12.1. The number of furan rings is 1. The highest BCUT2D eigenvalue weighted by molar-refractivity contribution is 9.09. The van der Waals surface area contributed by atoms with E-state index in [1.54, 1.807) is 6.07 Å². The van der Waals surface area contributed by atoms with Crippen LogP contribution in [0, 0.1) is 0 Å². The van der Waals surface area contributed by atoms with E-state index in [-0.39, 0.29) is 11.9 Å². The molecule has 3 nitrogen and oxygen atoms in total. The molecule has 1 unspecified atom stereocenters. The molecule has 1 aromatic heterocycles. The Bertz CT molecular complexity index is 551. The van der Waals surface area contributed by atoms with Crippen LogP contribution in [0.5, 0.6) is 0 Å². The van der Waals surface area contributed by atoms with Crippen LogP contribution in [0.2, 0.25) is 0 Å². The number of hydrogen-bond acceptors (Lipinski definition) is 2. The molecular weight excluding hydrogens is 318 g/mol. The molecule has 1 heterocycles. The third-order valence-electron chi connectivity index (χ3n) is 3.08. The average molecular weight is 336 g/mol. The number of alkyl halides is 1. The maximum Gasteiger partial charge on any atom is 0.287 e. The smallest absolute Gasteiger partial charge is 0.287 e. The van der Waals surface area contributed by atoms with Crippen molar-refractivity contribution >= 4 is 21.8 Å². The highest BCUT2D eigenvalue weighted by Gasteiger charge is 2.16. The number of aryl methyl sites for hydroxylation is 1. The Morgan fingerprint density at radius 1 is 1.25 bits per heavy atom. The third-order valence-corrected chi connectivity index (χ3v) is 3.86. The van der Waals surface area contributed by atoms with Crippen molar-refractivity contribution in [1.29, 1.82) is 0 Å². The standard InChI is InChI=1S/C16H18BrNO2/c1-2-14-8-9-15(20-14)16(19)18-13(11-17)10-12-6-4-3-5-7-12/h3-9,13H,2,10-11H2,1H3,(H,18,19). The summed E-state index contributed by atoms with van der Waals surface area (Å²) in [5.41, 5.74) is 1.20. The predicted molar refractivity (Wildman–Crippen MR) is 83.3 cm³/mol. The second-order valence-electron chi connectivity index (χ2n) is 4.63. The Morgan fingerprint density at radius 2 is 2.00 bits per heavy atom. The molecule has 2 aromatic rings. The van der Waals surface area contributed by atoms with Crippen LogP contribution >= 0.6 is 15.9 Å². The number of halogens is 1. The normalized spacial score (nSPS) is 12.1. The molecule has 4 heteroatoms. The van der Waals surface area contributed by atoms with E-state index in [1.165, 1.54) is 5.56 Å². The van der Waals surface area contributed by atoms with Crippen LogP contribution in [0.25, 0.3) is 0 Å². The van der Waals surface area contributed by atoms with Gasteiger partial charge in [-0.2, -0.15) is 0 Å². The molecule has 1 N–H and O–H groups in total. The Hall–Kier alpha value is -1.55. The van der Waals surface area contributed by atoms with Crippen molar-refractivity contribution < 1.29 is 9.21 Å². The third kappa shape index (κ3) is 3.97. The minimum absolute atomic E-state index is 0.0417. The van der Waals surface area contributed by atoms with E-state index in [0.29, 0.717) is 11.1 Å². The second-order valence-corrected chi connectivity index (χ2v) is 5.28. The van der Waals surface area contributed by atoms with E-state index in [9.17, 15) is 4.79 Å². The number of hydrogen-bond donors (Lipinski definition) is 1. The monoisotopic (exact) mass is 335 g/mol. The van der Waals surface area contributed by atoms with Crippen LogP contribution in [-0.4, -0.2) is 17.3 Å². The van der Waals surface area contributed by atoms with Gasteiger partial charge in [0.25, 0.3) is 5.91 Å². The summed E-state index contributed by atoms with van der Waals surface area (Å²) in [5, 5.41) is 3.69. The molecule has 0 aliphatic rings. The van der Waals surface area contributed by atoms with Gasteiger partial charge < -0.3 is 9.73 Å². The van der Waals surface area contributed by atoms with Gasteiger partial charge in [-0.1, -0.05) is 53.2 Å². The lowest BCUT2D eigenvalue weighted by atomic mass is 10.1. The van der Waals surface area contributed by atoms with Gasteiger partial charge >= 0.3 is 0 Å². The molecule has 0 aliphatic carbocycles. The van der Waals surface area contributed by atoms with Crippen LogP contribution in [0.1, 0.15) is 28.8 Å². The predicted octanol–water partition coefficient (Wildman–Crippen LogP) is 3.58. The summed E-state index contributed by atoms with van der Waals surface area (Å²) in [6.07, 6.45) is 1.58. The molecule has 1 atom stereocenters. The fourth-order valence-electron chi connectivity index (χ4n) is 1.99. The average Bonchev–Trinajstić information content (AvgIpc) is 2.96. The summed E-state index contributed by atoms with van der Waals surface area (Å²) in [4.78, 5) is 12.1. The quantitative estimate of drug-likeness (QED) is 0.820. The summed E-state index contributed by atoms with van der Waals surface area (Å²) in [7, 11) is 0. The first-order chi connectivity index (χ1) is 9.72. The maximum atomic E-state index is 12.1. The van der Waals surface area contributed by atoms with E-state index < -0.39 is 0 Å². The van der Waals surface area contributed by atoms with E-state index in [0.717, 1.165) is 18.6 Å². The Balaban J connectivity index is 1.97. The number of rotatable bonds is 6. The molecule has 0 aliphatic heterocycles. The van der Waals surface area contributed by atoms with Gasteiger partial charge in [0.1, 0.15) is 5.76 Å². The largest absolute Gasteiger partial charge is 0.456 e. The summed E-state index contributed by atoms with van der Waals surface area (Å²) >= 11 is 3.45. The number of benzene rings is 1. The molecule has 0 saturated heterocycles. The fraction of sp³-hybridized carbons (Fsp3) is 0.312. The van der Waals surface area contributed by atoms with Crippen molar-refractivity contribution in [2.24, 2.45) is 0 Å². The molecule has 106 valence electrons. The van der Waals surface area contributed by atoms with Gasteiger partial charge in [-0.25, -0.2) is 0 Å². The van der Waals surface area contributed by atoms with Gasteiger partial charge in [0.2, 0.25) is 0 Å². The zero-order chi connectivity index (χ0) is 14.4. The first-order valence-corrected chi connectivity index (χ1v) is 7.84. The fourth-order valence-corrected chi connectivity index (χ4v) is 2.38. The highest BCUT2D eigenvalue weighted by atomic mass is 79.9. The Morgan fingerprint density at radius 3 is 2.60 bits per heavy atom. The number of amides is 1. The van der Waals surface area contributed by atoms with Gasteiger partial charge in [-0.3, -0.25) is 4.79 Å². The second kappa shape index (κ2) is 7.29. The number of nitrogens with one attached hydrogen (secondary N) is 1. The van der Waals surface area contributed by atoms with E-state index >= 15 is 0 Å². The van der Waals surface area contributed by atoms with Crippen molar-refractivity contribution in [2.45, 2.75) is 25.8 Å². The molecule has 1 amide bonds. The van der Waals surface area contributed by atoms with Gasteiger partial charge in [0.05, 0.1) is 0 Å². The van der Waals surface area contributed by atoms with Crippen LogP contribution in [0.4, 0.5) is 0 Å². The number of carbonyl (C=O) groups excluding carboxylic acids is 1. The van der Waals surface area contributed by atoms with Crippen LogP contribution in [0.15, 0.2) is 46.9 Å². The van der Waals surface area contributed by atoms with E-state index in [1.807, 2.05) is 31.2 Å². The molecule has 0 bridgehead atoms. The summed E-state index contributed by atoms with van der Waals surface area (Å²) in [6, 6.07) is 13.7. The van der Waals surface area contributed by atoms with Crippen LogP contribution in [-0.2, 0) is 12.8 Å². The first kappa shape index (κ1) is 14.9. The molecule has 0 saturated carbocycles. The van der Waals surface area contributed by atoms with Crippen LogP contribution < -0.4 is 5.32 Å². The van der Waals surface area contributed by atoms with Crippen molar-refractivity contribution in [3.05, 3.63) is 59.5 Å². The lowest BCUT2D eigenvalue weighted by Gasteiger charge is -2.15. The zero-order valence-electron chi connectivity index (χ0n) is 11.4. The minimum Gasteiger partial charge on any atom is -0.456 e. The molecular formula is C16H18BrNO2. The molecule has 2 rings (SSSR count). The van der Waals surface area contributed by atoms with Crippen LogP contribution in [0.3, 0.4) is 0 Å². The molecule has 0 radical (unpaired) electrons. The topological polar surface area (TPSA) is 42.2 Å². The molecule has 0 fully saturated rings. The van der Waals surface area contributed by atoms with Crippen molar-refractivity contribution in [3.63, 3.8) is 0 Å². The van der Waals surface area contributed by atoms with Gasteiger partial charge in [0, 0.05) is 17.8 Å². The molecule has 1 aromatic carbocycles. The highest BCUT2D eigenvalue weighted by Crippen LogP contribution is 2.10. The SMILES string of the molecule is CCc1ccc(C(=O)NC(CBr)Cc2ccccc2)o1. The first-order valence-electron chi connectivity index (χ1n) is 6.72. The summed E-state index contributed by atoms with van der Waals surface area (Å²) in [5.74, 6) is 1.04. The van der Waals surface area contributed by atoms with Gasteiger partial charge in [0.15, 0.2) is 5.76 Å². The van der Waals surface area contributed by atoms with E-state index in [4.69, 9.17) is 4.42 Å². The van der Waals surface area contributed by atoms with Gasteiger partial charge in [-0.15, -0.1) is 0 Å². The lowest BCUT2D eigenvalue weighted by Crippen LogP contribution is -2.37. The van der Waals surface area contributed by atoms with Crippen molar-refractivity contribution in [3.8, 4) is 0 Å². The molecule has 20 heavy (non-hydrogen) atoms. The number of carbonyl (C=O) groups is 1. The van der Waals surface area contributed by atoms with Crippen molar-refractivity contribution in [1.82, 2.24) is 5.32 Å². The zero-order valence-corrected chi connectivity index (χ0v) is 13.0. The summed E-state index contributed by atoms with van der Waals surface area (Å²) in [6.45, 7) is 2.00.